The largest absolute Gasteiger partial charge is 0.388 e. The van der Waals surface area contributed by atoms with Crippen molar-refractivity contribution in [3.63, 3.8) is 0 Å². The van der Waals surface area contributed by atoms with Gasteiger partial charge in [-0.3, -0.25) is 14.4 Å². The Labute approximate surface area is 229 Å². The summed E-state index contributed by atoms with van der Waals surface area (Å²) in [7, 11) is 3.05. The second-order valence-corrected chi connectivity index (χ2v) is 9.37. The van der Waals surface area contributed by atoms with E-state index in [2.05, 4.69) is 15.6 Å². The molecule has 3 aromatic heterocycles. The van der Waals surface area contributed by atoms with Crippen LogP contribution < -0.4 is 16.2 Å². The molecule has 10 heteroatoms. The highest BCUT2D eigenvalue weighted by atomic mass is 16.5. The van der Waals surface area contributed by atoms with Crippen LogP contribution in [-0.2, 0) is 20.2 Å². The van der Waals surface area contributed by atoms with Crippen LogP contribution in [0.15, 0.2) is 70.0 Å². The van der Waals surface area contributed by atoms with Gasteiger partial charge in [-0.25, -0.2) is 4.98 Å². The first-order chi connectivity index (χ1) is 19.2. The van der Waals surface area contributed by atoms with E-state index in [1.54, 1.807) is 31.3 Å². The summed E-state index contributed by atoms with van der Waals surface area (Å²) in [6, 6.07) is 18.1. The van der Waals surface area contributed by atoms with Crippen LogP contribution in [0.5, 0.6) is 0 Å². The quantitative estimate of drug-likeness (QED) is 0.285. The number of aliphatic hydroxyl groups excluding tert-OH is 1. The number of pyridine rings is 1. The smallest absolute Gasteiger partial charge is 0.290 e. The van der Waals surface area contributed by atoms with Gasteiger partial charge >= 0.3 is 0 Å². The number of hydrogen-bond acceptors (Lipinski definition) is 6. The Morgan fingerprint density at radius 2 is 1.75 bits per heavy atom. The average Bonchev–Trinajstić information content (AvgIpc) is 3.48. The van der Waals surface area contributed by atoms with Gasteiger partial charge in [0.15, 0.2) is 11.5 Å². The Hall–Kier alpha value is -4.96. The highest BCUT2D eigenvalue weighted by molar-refractivity contribution is 6.12. The molecule has 204 valence electrons. The molecule has 0 radical (unpaired) electrons. The van der Waals surface area contributed by atoms with Gasteiger partial charge in [-0.15, -0.1) is 0 Å². The van der Waals surface area contributed by atoms with Crippen LogP contribution in [0.1, 0.15) is 39.2 Å². The molecule has 5 rings (SSSR count). The number of rotatable bonds is 7. The van der Waals surface area contributed by atoms with Crippen LogP contribution in [0.4, 0.5) is 5.69 Å². The van der Waals surface area contributed by atoms with Crippen LogP contribution in [0, 0.1) is 6.92 Å². The number of fused-ring (bicyclic) bond motifs is 1. The van der Waals surface area contributed by atoms with Gasteiger partial charge in [0.1, 0.15) is 6.61 Å². The maximum atomic E-state index is 13.5. The molecule has 0 fully saturated rings. The SMILES string of the molecule is CCn1c(-c2ccc(-c3c(CO)on(C)c3=O)cc2)cc2cc(C)nc(C(=O)Nc3cccc(C(=O)NC)c3)c21. The van der Waals surface area contributed by atoms with Crippen molar-refractivity contribution in [1.82, 2.24) is 19.6 Å². The summed E-state index contributed by atoms with van der Waals surface area (Å²) in [5, 5.41) is 16.0. The summed E-state index contributed by atoms with van der Waals surface area (Å²) < 4.78 is 8.47. The lowest BCUT2D eigenvalue weighted by molar-refractivity contribution is 0.0961. The Bertz CT molecular complexity index is 1810. The molecule has 2 aromatic carbocycles. The number of amides is 2. The van der Waals surface area contributed by atoms with Crippen molar-refractivity contribution in [2.24, 2.45) is 7.05 Å². The molecule has 3 N–H and O–H groups in total. The Kier molecular flexibility index (Phi) is 7.10. The lowest BCUT2D eigenvalue weighted by atomic mass is 10.0. The van der Waals surface area contributed by atoms with Crippen molar-refractivity contribution in [2.75, 3.05) is 12.4 Å². The fraction of sp³-hybridized carbons (Fsp3) is 0.200. The molecule has 2 amide bonds. The highest BCUT2D eigenvalue weighted by Crippen LogP contribution is 2.32. The number of aromatic nitrogens is 3. The highest BCUT2D eigenvalue weighted by Gasteiger charge is 2.21. The van der Waals surface area contributed by atoms with Gasteiger partial charge in [0, 0.05) is 48.7 Å². The van der Waals surface area contributed by atoms with E-state index >= 15 is 0 Å². The van der Waals surface area contributed by atoms with E-state index in [0.717, 1.165) is 21.4 Å². The molecule has 0 atom stereocenters. The third-order valence-corrected chi connectivity index (χ3v) is 6.78. The number of aryl methyl sites for hydroxylation is 3. The molecule has 0 spiro atoms. The van der Waals surface area contributed by atoms with Crippen LogP contribution in [0.2, 0.25) is 0 Å². The Balaban J connectivity index is 1.55. The summed E-state index contributed by atoms with van der Waals surface area (Å²) >= 11 is 0. The first-order valence-corrected chi connectivity index (χ1v) is 12.8. The van der Waals surface area contributed by atoms with Crippen molar-refractivity contribution in [3.05, 3.63) is 93.7 Å². The van der Waals surface area contributed by atoms with Gasteiger partial charge in [0.05, 0.1) is 11.1 Å². The maximum Gasteiger partial charge on any atom is 0.290 e. The molecular formula is C30H29N5O5. The fourth-order valence-electron chi connectivity index (χ4n) is 4.96. The summed E-state index contributed by atoms with van der Waals surface area (Å²) in [6.45, 7) is 4.03. The summed E-state index contributed by atoms with van der Waals surface area (Å²) in [5.74, 6) is -0.422. The number of carbonyl (C=O) groups excluding carboxylic acids is 2. The van der Waals surface area contributed by atoms with Crippen molar-refractivity contribution in [3.8, 4) is 22.4 Å². The molecule has 10 nitrogen and oxygen atoms in total. The van der Waals surface area contributed by atoms with Crippen molar-refractivity contribution in [1.29, 1.82) is 0 Å². The van der Waals surface area contributed by atoms with E-state index in [4.69, 9.17) is 4.52 Å². The Morgan fingerprint density at radius 3 is 2.42 bits per heavy atom. The van der Waals surface area contributed by atoms with E-state index in [1.807, 2.05) is 54.8 Å². The normalized spacial score (nSPS) is 11.1. The van der Waals surface area contributed by atoms with Gasteiger partial charge in [-0.05, 0) is 55.3 Å². The van der Waals surface area contributed by atoms with Crippen LogP contribution in [-0.4, -0.2) is 38.3 Å². The van der Waals surface area contributed by atoms with Crippen LogP contribution >= 0.6 is 0 Å². The number of nitrogens with one attached hydrogen (secondary N) is 2. The molecule has 5 aromatic rings. The maximum absolute atomic E-state index is 13.5. The Morgan fingerprint density at radius 1 is 1.02 bits per heavy atom. The molecule has 0 unspecified atom stereocenters. The number of carbonyl (C=O) groups is 2. The van der Waals surface area contributed by atoms with Crippen LogP contribution in [0.3, 0.4) is 0 Å². The molecule has 40 heavy (non-hydrogen) atoms. The van der Waals surface area contributed by atoms with Gasteiger partial charge in [-0.1, -0.05) is 30.3 Å². The second-order valence-electron chi connectivity index (χ2n) is 9.37. The second kappa shape index (κ2) is 10.7. The third-order valence-electron chi connectivity index (χ3n) is 6.78. The fourth-order valence-corrected chi connectivity index (χ4v) is 4.96. The van der Waals surface area contributed by atoms with Gasteiger partial charge < -0.3 is 24.8 Å². The number of hydrogen-bond donors (Lipinski definition) is 3. The zero-order valence-corrected chi connectivity index (χ0v) is 22.6. The standard InChI is InChI=1S/C30H29N5O5/c1-5-35-23(18-9-11-19(12-10-18)25-24(16-36)40-34(4)30(25)39)15-21-13-17(2)32-26(27(21)35)29(38)33-22-8-6-7-20(14-22)28(37)31-3/h6-15,36H,5,16H2,1-4H3,(H,31,37)(H,33,38). The summed E-state index contributed by atoms with van der Waals surface area (Å²) in [6.07, 6.45) is 0. The predicted molar refractivity (Wildman–Crippen MR) is 152 cm³/mol. The minimum Gasteiger partial charge on any atom is -0.388 e. The molecule has 0 bridgehead atoms. The van der Waals surface area contributed by atoms with Gasteiger partial charge in [-0.2, -0.15) is 4.74 Å². The molecule has 0 aliphatic carbocycles. The monoisotopic (exact) mass is 539 g/mol. The number of anilines is 1. The number of nitrogens with zero attached hydrogens (tertiary/aromatic N) is 3. The lowest BCUT2D eigenvalue weighted by Crippen LogP contribution is -2.19. The summed E-state index contributed by atoms with van der Waals surface area (Å²) in [5.41, 5.74) is 4.99. The predicted octanol–water partition coefficient (Wildman–Crippen LogP) is 4.09. The van der Waals surface area contributed by atoms with Gasteiger partial charge in [0.25, 0.3) is 17.4 Å². The first kappa shape index (κ1) is 26.6. The summed E-state index contributed by atoms with van der Waals surface area (Å²) in [4.78, 5) is 42.7. The zero-order valence-electron chi connectivity index (χ0n) is 22.6. The van der Waals surface area contributed by atoms with Crippen LogP contribution in [0.25, 0.3) is 33.3 Å². The molecule has 0 aliphatic rings. The zero-order chi connectivity index (χ0) is 28.6. The molecule has 0 saturated carbocycles. The van der Waals surface area contributed by atoms with Gasteiger partial charge in [0.2, 0.25) is 0 Å². The van der Waals surface area contributed by atoms with Crippen molar-refractivity contribution in [2.45, 2.75) is 27.0 Å². The minimum absolute atomic E-state index is 0.209. The molecular weight excluding hydrogens is 510 g/mol. The van der Waals surface area contributed by atoms with E-state index < -0.39 is 0 Å². The van der Waals surface area contributed by atoms with E-state index in [1.165, 1.54) is 7.05 Å². The molecule has 0 saturated heterocycles. The van der Waals surface area contributed by atoms with E-state index in [9.17, 15) is 19.5 Å². The molecule has 0 aliphatic heterocycles. The topological polar surface area (TPSA) is 131 Å². The van der Waals surface area contributed by atoms with Crippen molar-refractivity contribution < 1.29 is 19.2 Å². The van der Waals surface area contributed by atoms with E-state index in [-0.39, 0.29) is 35.4 Å². The number of benzene rings is 2. The lowest BCUT2D eigenvalue weighted by Gasteiger charge is -2.12. The van der Waals surface area contributed by atoms with E-state index in [0.29, 0.717) is 40.1 Å². The first-order valence-electron chi connectivity index (χ1n) is 12.8. The third kappa shape index (κ3) is 4.69. The minimum atomic E-state index is -0.384. The van der Waals surface area contributed by atoms with Crippen molar-refractivity contribution >= 4 is 28.4 Å². The molecule has 3 heterocycles. The number of aliphatic hydroxyl groups is 1. The average molecular weight is 540 g/mol.